The molecule has 2 atom stereocenters. The molecule has 2 nitrogen and oxygen atoms in total. The third kappa shape index (κ3) is 3.53. The van der Waals surface area contributed by atoms with E-state index in [1.165, 1.54) is 25.7 Å². The summed E-state index contributed by atoms with van der Waals surface area (Å²) in [7, 11) is 0. The van der Waals surface area contributed by atoms with Crippen molar-refractivity contribution in [3.63, 3.8) is 0 Å². The fourth-order valence-corrected chi connectivity index (χ4v) is 4.38. The van der Waals surface area contributed by atoms with Crippen molar-refractivity contribution in [2.24, 2.45) is 11.8 Å². The van der Waals surface area contributed by atoms with E-state index in [1.807, 2.05) is 0 Å². The average Bonchev–Trinajstić information content (AvgIpc) is 3.25. The van der Waals surface area contributed by atoms with Crippen LogP contribution in [-0.4, -0.2) is 46.9 Å². The second-order valence-electron chi connectivity index (χ2n) is 7.39. The van der Waals surface area contributed by atoms with E-state index in [2.05, 4.69) is 24.1 Å². The molecule has 6 heteroatoms. The molecule has 1 heterocycles. The van der Waals surface area contributed by atoms with Gasteiger partial charge in [0.25, 0.3) is 0 Å². The van der Waals surface area contributed by atoms with E-state index in [-0.39, 0.29) is 28.6 Å². The topological polar surface area (TPSA) is 15.3 Å². The van der Waals surface area contributed by atoms with E-state index in [4.69, 9.17) is 0 Å². The SMILES string of the molecule is CC1(C2CC2)CN(CCSC(F)(F)F)C(C)(C2CC2)CN1. The molecule has 0 aromatic carbocycles. The first-order valence-electron chi connectivity index (χ1n) is 7.94. The summed E-state index contributed by atoms with van der Waals surface area (Å²) in [4.78, 5) is 2.36. The molecule has 0 spiro atoms. The zero-order chi connectivity index (χ0) is 15.3. The van der Waals surface area contributed by atoms with Crippen molar-refractivity contribution >= 4 is 11.8 Å². The van der Waals surface area contributed by atoms with Crippen LogP contribution in [-0.2, 0) is 0 Å². The largest absolute Gasteiger partial charge is 0.441 e. The molecule has 0 radical (unpaired) electrons. The smallest absolute Gasteiger partial charge is 0.308 e. The Morgan fingerprint density at radius 2 is 1.76 bits per heavy atom. The second kappa shape index (κ2) is 5.31. The van der Waals surface area contributed by atoms with Crippen molar-refractivity contribution < 1.29 is 13.2 Å². The summed E-state index contributed by atoms with van der Waals surface area (Å²) < 4.78 is 37.2. The fourth-order valence-electron chi connectivity index (χ4n) is 3.83. The molecule has 1 aliphatic heterocycles. The molecule has 0 amide bonds. The molecular weight excluding hydrogens is 297 g/mol. The van der Waals surface area contributed by atoms with Crippen LogP contribution >= 0.6 is 11.8 Å². The van der Waals surface area contributed by atoms with Gasteiger partial charge in [-0.3, -0.25) is 4.90 Å². The molecule has 122 valence electrons. The van der Waals surface area contributed by atoms with Crippen LogP contribution in [0.3, 0.4) is 0 Å². The molecule has 3 fully saturated rings. The first kappa shape index (κ1) is 15.9. The number of alkyl halides is 3. The lowest BCUT2D eigenvalue weighted by atomic mass is 9.83. The van der Waals surface area contributed by atoms with Gasteiger partial charge in [0, 0.05) is 36.5 Å². The Morgan fingerprint density at radius 1 is 1.14 bits per heavy atom. The van der Waals surface area contributed by atoms with Gasteiger partial charge in [0.15, 0.2) is 0 Å². The highest BCUT2D eigenvalue weighted by atomic mass is 32.2. The van der Waals surface area contributed by atoms with E-state index in [0.717, 1.165) is 13.1 Å². The minimum absolute atomic E-state index is 0.0422. The monoisotopic (exact) mass is 322 g/mol. The zero-order valence-corrected chi connectivity index (χ0v) is 13.6. The predicted octanol–water partition coefficient (Wildman–Crippen LogP) is 3.48. The van der Waals surface area contributed by atoms with Gasteiger partial charge in [-0.05, 0) is 63.1 Å². The molecule has 2 saturated carbocycles. The molecule has 3 rings (SSSR count). The van der Waals surface area contributed by atoms with Gasteiger partial charge in [0.2, 0.25) is 0 Å². The molecule has 2 aliphatic carbocycles. The highest BCUT2D eigenvalue weighted by Crippen LogP contribution is 2.48. The van der Waals surface area contributed by atoms with Crippen LogP contribution in [0.1, 0.15) is 39.5 Å². The maximum absolute atomic E-state index is 12.4. The van der Waals surface area contributed by atoms with Crippen LogP contribution in [0.4, 0.5) is 13.2 Å². The highest BCUT2D eigenvalue weighted by molar-refractivity contribution is 8.00. The molecule has 1 saturated heterocycles. The number of nitrogens with zero attached hydrogens (tertiary/aromatic N) is 1. The van der Waals surface area contributed by atoms with Gasteiger partial charge in [-0.15, -0.1) is 0 Å². The van der Waals surface area contributed by atoms with Gasteiger partial charge < -0.3 is 5.32 Å². The Morgan fingerprint density at radius 3 is 2.29 bits per heavy atom. The molecule has 21 heavy (non-hydrogen) atoms. The normalized spacial score (nSPS) is 38.7. The van der Waals surface area contributed by atoms with Gasteiger partial charge in [0.1, 0.15) is 0 Å². The number of thioether (sulfide) groups is 1. The molecule has 0 aromatic rings. The van der Waals surface area contributed by atoms with Crippen molar-refractivity contribution in [2.45, 2.75) is 56.1 Å². The lowest BCUT2D eigenvalue weighted by Gasteiger charge is -2.53. The third-order valence-electron chi connectivity index (χ3n) is 5.65. The van der Waals surface area contributed by atoms with Crippen molar-refractivity contribution in [1.82, 2.24) is 10.2 Å². The Kier molecular flexibility index (Phi) is 4.03. The summed E-state index contributed by atoms with van der Waals surface area (Å²) in [6.07, 6.45) is 4.96. The molecule has 1 N–H and O–H groups in total. The van der Waals surface area contributed by atoms with Crippen LogP contribution in [0.5, 0.6) is 0 Å². The lowest BCUT2D eigenvalue weighted by molar-refractivity contribution is -0.0336. The summed E-state index contributed by atoms with van der Waals surface area (Å²) in [5.74, 6) is 1.51. The first-order valence-corrected chi connectivity index (χ1v) is 8.92. The van der Waals surface area contributed by atoms with Gasteiger partial charge in [-0.2, -0.15) is 13.2 Å². The maximum Gasteiger partial charge on any atom is 0.441 e. The molecule has 0 aromatic heterocycles. The van der Waals surface area contributed by atoms with Crippen LogP contribution in [0, 0.1) is 11.8 Å². The van der Waals surface area contributed by atoms with Crippen LogP contribution < -0.4 is 5.32 Å². The third-order valence-corrected chi connectivity index (χ3v) is 6.37. The van der Waals surface area contributed by atoms with Gasteiger partial charge in [-0.1, -0.05) is 0 Å². The zero-order valence-electron chi connectivity index (χ0n) is 12.8. The van der Waals surface area contributed by atoms with Gasteiger partial charge >= 0.3 is 5.51 Å². The second-order valence-corrected chi connectivity index (χ2v) is 8.55. The summed E-state index contributed by atoms with van der Waals surface area (Å²) in [6, 6.07) is 0. The molecule has 2 unspecified atom stereocenters. The highest BCUT2D eigenvalue weighted by Gasteiger charge is 2.54. The minimum Gasteiger partial charge on any atom is -0.308 e. The number of rotatable bonds is 5. The lowest BCUT2D eigenvalue weighted by Crippen LogP contribution is -2.70. The van der Waals surface area contributed by atoms with E-state index in [1.54, 1.807) is 0 Å². The van der Waals surface area contributed by atoms with E-state index in [9.17, 15) is 13.2 Å². The molecular formula is C15H25F3N2S. The Hall–Kier alpha value is 0.0600. The van der Waals surface area contributed by atoms with Crippen LogP contribution in [0.2, 0.25) is 0 Å². The van der Waals surface area contributed by atoms with Crippen LogP contribution in [0.15, 0.2) is 0 Å². The number of halogens is 3. The van der Waals surface area contributed by atoms with Gasteiger partial charge in [-0.25, -0.2) is 0 Å². The number of hydrogen-bond acceptors (Lipinski definition) is 3. The van der Waals surface area contributed by atoms with E-state index < -0.39 is 5.51 Å². The summed E-state index contributed by atoms with van der Waals surface area (Å²) >= 11 is 0.122. The first-order chi connectivity index (χ1) is 9.73. The van der Waals surface area contributed by atoms with E-state index >= 15 is 0 Å². The summed E-state index contributed by atoms with van der Waals surface area (Å²) in [6.45, 7) is 6.84. The summed E-state index contributed by atoms with van der Waals surface area (Å²) in [5, 5.41) is 3.74. The van der Waals surface area contributed by atoms with Crippen molar-refractivity contribution in [3.8, 4) is 0 Å². The van der Waals surface area contributed by atoms with Crippen molar-refractivity contribution in [3.05, 3.63) is 0 Å². The molecule has 3 aliphatic rings. The quantitative estimate of drug-likeness (QED) is 0.834. The Labute approximate surface area is 129 Å². The predicted molar refractivity (Wildman–Crippen MR) is 80.3 cm³/mol. The maximum atomic E-state index is 12.4. The van der Waals surface area contributed by atoms with Crippen LogP contribution in [0.25, 0.3) is 0 Å². The Balaban J connectivity index is 1.65. The van der Waals surface area contributed by atoms with Gasteiger partial charge in [0.05, 0.1) is 0 Å². The Bertz CT molecular complexity index is 395. The number of nitrogens with one attached hydrogen (secondary N) is 1. The van der Waals surface area contributed by atoms with Crippen molar-refractivity contribution in [1.29, 1.82) is 0 Å². The number of piperazine rings is 1. The number of hydrogen-bond donors (Lipinski definition) is 1. The fraction of sp³-hybridized carbons (Fsp3) is 1.00. The van der Waals surface area contributed by atoms with E-state index in [0.29, 0.717) is 18.4 Å². The minimum atomic E-state index is -4.11. The average molecular weight is 322 g/mol. The van der Waals surface area contributed by atoms with Crippen molar-refractivity contribution in [2.75, 3.05) is 25.4 Å². The summed E-state index contributed by atoms with van der Waals surface area (Å²) in [5.41, 5.74) is -3.97. The molecule has 0 bridgehead atoms. The standard InChI is InChI=1S/C15H25F3N2S/c1-13(11-3-4-11)10-20(7-8-21-15(16,17)18)14(2,9-19-13)12-5-6-12/h11-12,19H,3-10H2,1-2H3.